The minimum absolute atomic E-state index is 0.0356. The molecule has 1 aliphatic rings. The first-order valence-electron chi connectivity index (χ1n) is 16.0. The Hall–Kier alpha value is -4.39. The number of aliphatic hydroxyl groups is 1. The van der Waals surface area contributed by atoms with Crippen LogP contribution in [0.15, 0.2) is 23.3 Å². The molecular weight excluding hydrogens is 648 g/mol. The Morgan fingerprint density at radius 3 is 1.69 bits per heavy atom. The van der Waals surface area contributed by atoms with Crippen molar-refractivity contribution in [1.29, 1.82) is 0 Å². The van der Waals surface area contributed by atoms with Gasteiger partial charge in [0.1, 0.15) is 18.1 Å². The molecule has 1 rings (SSSR count). The Bertz CT molecular complexity index is 1240. The summed E-state index contributed by atoms with van der Waals surface area (Å²) in [7, 11) is 0. The molecule has 0 saturated carbocycles. The molecule has 276 valence electrons. The van der Waals surface area contributed by atoms with Crippen molar-refractivity contribution >= 4 is 41.4 Å². The Morgan fingerprint density at radius 1 is 0.776 bits per heavy atom. The molecule has 0 bridgehead atoms. The van der Waals surface area contributed by atoms with E-state index >= 15 is 0 Å². The highest BCUT2D eigenvalue weighted by Crippen LogP contribution is 2.11. The van der Waals surface area contributed by atoms with Crippen LogP contribution in [0.3, 0.4) is 0 Å². The fourth-order valence-corrected chi connectivity index (χ4v) is 4.59. The third-order valence-corrected chi connectivity index (χ3v) is 7.38. The minimum atomic E-state index is -0.997. The van der Waals surface area contributed by atoms with Gasteiger partial charge in [0.25, 0.3) is 11.8 Å². The average molecular weight is 699 g/mol. The van der Waals surface area contributed by atoms with Gasteiger partial charge in [0.05, 0.1) is 6.61 Å². The average Bonchev–Trinajstić information content (AvgIpc) is 3.01. The van der Waals surface area contributed by atoms with Crippen molar-refractivity contribution in [2.45, 2.75) is 97.2 Å². The summed E-state index contributed by atoms with van der Waals surface area (Å²) < 4.78 is 5.21. The SMILES string of the molecule is CC(=O)N[C@@H](CCCN(O)C(C)=O)C(=O)OCC/C(C)=C/C(=O)N(O)CCC[C@H]1NC(=O)[C@@H](CCCN(O)C(=O)/C=C(\C)CCO)NC1=O. The smallest absolute Gasteiger partial charge is 0.328 e. The molecule has 3 atom stereocenters. The van der Waals surface area contributed by atoms with Crippen molar-refractivity contribution < 1.29 is 59.0 Å². The number of nitrogens with one attached hydrogen (secondary N) is 3. The predicted octanol–water partition coefficient (Wildman–Crippen LogP) is -0.303. The van der Waals surface area contributed by atoms with E-state index in [9.17, 15) is 49.2 Å². The zero-order valence-corrected chi connectivity index (χ0v) is 28.5. The molecule has 1 aliphatic heterocycles. The van der Waals surface area contributed by atoms with E-state index in [1.165, 1.54) is 19.9 Å². The van der Waals surface area contributed by atoms with Crippen molar-refractivity contribution in [2.24, 2.45) is 0 Å². The molecule has 1 heterocycles. The molecule has 0 radical (unpaired) electrons. The highest BCUT2D eigenvalue weighted by Gasteiger charge is 2.33. The summed E-state index contributed by atoms with van der Waals surface area (Å²) in [6.45, 7) is 5.15. The van der Waals surface area contributed by atoms with Gasteiger partial charge in [0, 0.05) is 58.7 Å². The number of carbonyl (C=O) groups excluding carboxylic acids is 7. The van der Waals surface area contributed by atoms with Gasteiger partial charge in [-0.05, 0) is 58.8 Å². The number of aliphatic hydroxyl groups excluding tert-OH is 1. The number of amides is 6. The Morgan fingerprint density at radius 2 is 1.24 bits per heavy atom. The van der Waals surface area contributed by atoms with Crippen LogP contribution in [0.25, 0.3) is 0 Å². The van der Waals surface area contributed by atoms with Crippen LogP contribution < -0.4 is 16.0 Å². The lowest BCUT2D eigenvalue weighted by Gasteiger charge is -2.30. The summed E-state index contributed by atoms with van der Waals surface area (Å²) in [5.41, 5.74) is 1.08. The zero-order chi connectivity index (χ0) is 37.1. The van der Waals surface area contributed by atoms with Crippen LogP contribution in [0.2, 0.25) is 0 Å². The van der Waals surface area contributed by atoms with Crippen molar-refractivity contribution in [3.05, 3.63) is 23.3 Å². The van der Waals surface area contributed by atoms with Gasteiger partial charge in [-0.2, -0.15) is 0 Å². The number of piperazine rings is 1. The minimum Gasteiger partial charge on any atom is -0.464 e. The summed E-state index contributed by atoms with van der Waals surface area (Å²) in [6.07, 6.45) is 3.83. The van der Waals surface area contributed by atoms with Crippen molar-refractivity contribution in [1.82, 2.24) is 31.1 Å². The molecule has 1 saturated heterocycles. The summed E-state index contributed by atoms with van der Waals surface area (Å²) in [4.78, 5) is 84.5. The van der Waals surface area contributed by atoms with Crippen LogP contribution in [0.4, 0.5) is 0 Å². The van der Waals surface area contributed by atoms with Gasteiger partial charge in [0.2, 0.25) is 23.6 Å². The molecule has 18 heteroatoms. The molecule has 0 unspecified atom stereocenters. The van der Waals surface area contributed by atoms with E-state index in [1.54, 1.807) is 13.8 Å². The maximum absolute atomic E-state index is 12.5. The van der Waals surface area contributed by atoms with E-state index in [-0.39, 0.29) is 77.8 Å². The van der Waals surface area contributed by atoms with Gasteiger partial charge >= 0.3 is 5.97 Å². The number of esters is 1. The Labute approximate surface area is 285 Å². The van der Waals surface area contributed by atoms with Crippen LogP contribution in [-0.4, -0.2) is 128 Å². The highest BCUT2D eigenvalue weighted by atomic mass is 16.5. The zero-order valence-electron chi connectivity index (χ0n) is 28.5. The standard InChI is InChI=1S/C31H50N6O12/c1-20(11-16-38)18-27(41)36(47)14-5-8-24-29(43)34-25(30(44)33-24)9-6-15-37(48)28(42)19-21(2)12-17-49-31(45)26(32-22(3)39)10-7-13-35(46)23(4)40/h18-19,24-26,38,46-48H,5-17H2,1-4H3,(H,32,39)(H,33,44)(H,34,43)/b20-18+,21-19+/t24-,25-,26+/m1/s1. The largest absolute Gasteiger partial charge is 0.464 e. The number of ether oxygens (including phenoxy) is 1. The van der Waals surface area contributed by atoms with E-state index in [2.05, 4.69) is 16.0 Å². The molecule has 0 spiro atoms. The van der Waals surface area contributed by atoms with Gasteiger partial charge < -0.3 is 25.8 Å². The van der Waals surface area contributed by atoms with E-state index in [0.717, 1.165) is 6.08 Å². The summed E-state index contributed by atoms with van der Waals surface area (Å²) >= 11 is 0. The first-order valence-corrected chi connectivity index (χ1v) is 16.0. The molecule has 49 heavy (non-hydrogen) atoms. The Kier molecular flexibility index (Phi) is 19.4. The first kappa shape index (κ1) is 42.6. The first-order chi connectivity index (χ1) is 23.0. The molecule has 0 aromatic heterocycles. The van der Waals surface area contributed by atoms with Gasteiger partial charge in [-0.3, -0.25) is 44.4 Å². The number of hydrogen-bond acceptors (Lipinski definition) is 12. The number of hydrogen-bond donors (Lipinski definition) is 7. The maximum atomic E-state index is 12.5. The number of hydroxylamine groups is 6. The van der Waals surface area contributed by atoms with Crippen molar-refractivity contribution in [2.75, 3.05) is 32.8 Å². The van der Waals surface area contributed by atoms with Gasteiger partial charge in [-0.25, -0.2) is 20.0 Å². The number of rotatable bonds is 21. The molecule has 1 fully saturated rings. The number of nitrogens with zero attached hydrogens (tertiary/aromatic N) is 3. The second kappa shape index (κ2) is 22.3. The van der Waals surface area contributed by atoms with Crippen LogP contribution in [0.5, 0.6) is 0 Å². The molecule has 18 nitrogen and oxygen atoms in total. The third-order valence-electron chi connectivity index (χ3n) is 7.38. The fourth-order valence-electron chi connectivity index (χ4n) is 4.59. The highest BCUT2D eigenvalue weighted by molar-refractivity contribution is 5.97. The van der Waals surface area contributed by atoms with Crippen molar-refractivity contribution in [3.63, 3.8) is 0 Å². The molecular formula is C31H50N6O12. The molecule has 6 amide bonds. The fraction of sp³-hybridized carbons (Fsp3) is 0.645. The van der Waals surface area contributed by atoms with Gasteiger partial charge in [0.15, 0.2) is 0 Å². The summed E-state index contributed by atoms with van der Waals surface area (Å²) in [5.74, 6) is -4.04. The van der Waals surface area contributed by atoms with Crippen LogP contribution >= 0.6 is 0 Å². The second-order valence-electron chi connectivity index (χ2n) is 11.7. The lowest BCUT2D eigenvalue weighted by Crippen LogP contribution is -2.61. The lowest BCUT2D eigenvalue weighted by molar-refractivity contribution is -0.163. The molecule has 0 aromatic carbocycles. The monoisotopic (exact) mass is 698 g/mol. The quantitative estimate of drug-likeness (QED) is 0.0353. The normalized spacial score (nSPS) is 17.0. The molecule has 7 N–H and O–H groups in total. The maximum Gasteiger partial charge on any atom is 0.328 e. The summed E-state index contributed by atoms with van der Waals surface area (Å²) in [5, 5.41) is 47.5. The summed E-state index contributed by atoms with van der Waals surface area (Å²) in [6, 6.07) is -2.74. The predicted molar refractivity (Wildman–Crippen MR) is 170 cm³/mol. The van der Waals surface area contributed by atoms with E-state index in [0.29, 0.717) is 32.8 Å². The van der Waals surface area contributed by atoms with Gasteiger partial charge in [-0.15, -0.1) is 0 Å². The van der Waals surface area contributed by atoms with E-state index in [1.807, 2.05) is 0 Å². The second-order valence-corrected chi connectivity index (χ2v) is 11.7. The Balaban J connectivity index is 2.44. The van der Waals surface area contributed by atoms with E-state index in [4.69, 9.17) is 9.84 Å². The van der Waals surface area contributed by atoms with Crippen LogP contribution in [0, 0.1) is 0 Å². The molecule has 0 aromatic rings. The van der Waals surface area contributed by atoms with Crippen molar-refractivity contribution in [3.8, 4) is 0 Å². The van der Waals surface area contributed by atoms with Crippen LogP contribution in [0.1, 0.15) is 79.1 Å². The number of carbonyl (C=O) groups is 7. The van der Waals surface area contributed by atoms with Crippen LogP contribution in [-0.2, 0) is 38.3 Å². The lowest BCUT2D eigenvalue weighted by atomic mass is 10.0. The van der Waals surface area contributed by atoms with Gasteiger partial charge in [-0.1, -0.05) is 11.1 Å². The third kappa shape index (κ3) is 17.0. The van der Waals surface area contributed by atoms with E-state index < -0.39 is 59.5 Å². The molecule has 0 aliphatic carbocycles. The topological polar surface area (TPSA) is 255 Å².